The van der Waals surface area contributed by atoms with Crippen molar-refractivity contribution in [1.29, 1.82) is 5.26 Å². The number of oxime groups is 1. The van der Waals surface area contributed by atoms with Crippen molar-refractivity contribution in [1.82, 2.24) is 15.2 Å². The van der Waals surface area contributed by atoms with Gasteiger partial charge in [-0.2, -0.15) is 5.26 Å². The lowest BCUT2D eigenvalue weighted by Gasteiger charge is -2.49. The van der Waals surface area contributed by atoms with Crippen molar-refractivity contribution in [2.75, 3.05) is 23.4 Å². The van der Waals surface area contributed by atoms with Crippen LogP contribution in [0.5, 0.6) is 0 Å². The van der Waals surface area contributed by atoms with E-state index in [2.05, 4.69) is 21.9 Å². The number of thiazole rings is 1. The second kappa shape index (κ2) is 23.3. The summed E-state index contributed by atoms with van der Waals surface area (Å²) < 4.78 is 11.7. The molecule has 9 rings (SSSR count). The van der Waals surface area contributed by atoms with Crippen molar-refractivity contribution in [3.63, 3.8) is 0 Å². The maximum atomic E-state index is 14.6. The average molecular weight is 1010 g/mol. The second-order valence-corrected chi connectivity index (χ2v) is 19.5. The Morgan fingerprint density at radius 3 is 1.89 bits per heavy atom. The van der Waals surface area contributed by atoms with Gasteiger partial charge in [0.25, 0.3) is 11.8 Å². The zero-order valence-corrected chi connectivity index (χ0v) is 41.0. The molecule has 6 aromatic carbocycles. The average Bonchev–Trinajstić information content (AvgIpc) is 3.90. The topological polar surface area (TPSA) is 172 Å². The third-order valence-corrected chi connectivity index (χ3v) is 15.1. The van der Waals surface area contributed by atoms with Gasteiger partial charge in [-0.25, -0.2) is 14.6 Å². The highest BCUT2D eigenvalue weighted by atomic mass is 32.2. The zero-order chi connectivity index (χ0) is 49.7. The summed E-state index contributed by atoms with van der Waals surface area (Å²) in [6, 6.07) is 58.7. The van der Waals surface area contributed by atoms with Gasteiger partial charge in [-0.1, -0.05) is 187 Å². The minimum absolute atomic E-state index is 0.00817. The normalized spacial score (nSPS) is 15.4. The summed E-state index contributed by atoms with van der Waals surface area (Å²) in [7, 11) is 0. The van der Waals surface area contributed by atoms with Crippen molar-refractivity contribution < 1.29 is 33.5 Å². The van der Waals surface area contributed by atoms with Crippen molar-refractivity contribution in [2.45, 2.75) is 36.1 Å². The number of benzene rings is 6. The van der Waals surface area contributed by atoms with Gasteiger partial charge in [0.2, 0.25) is 6.61 Å². The first-order chi connectivity index (χ1) is 35.3. The third-order valence-electron chi connectivity index (χ3n) is 11.8. The lowest BCUT2D eigenvalue weighted by Crippen LogP contribution is -2.71. The summed E-state index contributed by atoms with van der Waals surface area (Å²) in [4.78, 5) is 68.8. The van der Waals surface area contributed by atoms with E-state index in [4.69, 9.17) is 19.3 Å². The van der Waals surface area contributed by atoms with Gasteiger partial charge < -0.3 is 24.9 Å². The fraction of sp³-hybridized carbons (Fsp3) is 0.161. The van der Waals surface area contributed by atoms with Crippen molar-refractivity contribution in [3.8, 4) is 6.07 Å². The zero-order valence-electron chi connectivity index (χ0n) is 38.5. The minimum atomic E-state index is -1.10. The highest BCUT2D eigenvalue weighted by molar-refractivity contribution is 8.06. The molecule has 0 aliphatic carbocycles. The summed E-state index contributed by atoms with van der Waals surface area (Å²) in [5, 5.41) is 21.4. The Bertz CT molecular complexity index is 2970. The smallest absolute Gasteiger partial charge is 0.356 e. The number of thioether (sulfide) groups is 2. The van der Waals surface area contributed by atoms with E-state index in [1.165, 1.54) is 39.8 Å². The number of rotatable bonds is 20. The summed E-state index contributed by atoms with van der Waals surface area (Å²) in [5.41, 5.74) is 3.97. The molecule has 72 heavy (non-hydrogen) atoms. The molecule has 16 heteroatoms. The molecule has 2 amide bonds. The number of amides is 2. The largest absolute Gasteiger partial charge is 0.458 e. The summed E-state index contributed by atoms with van der Waals surface area (Å²) in [5.74, 6) is -2.09. The van der Waals surface area contributed by atoms with E-state index in [0.29, 0.717) is 21.5 Å². The van der Waals surface area contributed by atoms with Gasteiger partial charge in [0, 0.05) is 28.2 Å². The van der Waals surface area contributed by atoms with E-state index in [0.717, 1.165) is 33.4 Å². The molecule has 3 heterocycles. The molecule has 0 bridgehead atoms. The maximum Gasteiger partial charge on any atom is 0.356 e. The van der Waals surface area contributed by atoms with Gasteiger partial charge in [0.15, 0.2) is 16.9 Å². The van der Waals surface area contributed by atoms with Crippen LogP contribution in [0.15, 0.2) is 203 Å². The first-order valence-corrected chi connectivity index (χ1v) is 25.8. The van der Waals surface area contributed by atoms with E-state index < -0.39 is 53.4 Å². The van der Waals surface area contributed by atoms with Crippen molar-refractivity contribution >= 4 is 69.5 Å². The molecule has 0 spiro atoms. The van der Waals surface area contributed by atoms with E-state index in [1.807, 2.05) is 182 Å². The number of carbonyl (C=O) groups is 4. The Morgan fingerprint density at radius 2 is 1.33 bits per heavy atom. The minimum Gasteiger partial charge on any atom is -0.458 e. The van der Waals surface area contributed by atoms with Crippen LogP contribution < -0.4 is 10.6 Å². The van der Waals surface area contributed by atoms with Crippen molar-refractivity contribution in [2.24, 2.45) is 5.16 Å². The molecule has 0 unspecified atom stereocenters. The number of hydrogen-bond acceptors (Lipinski definition) is 14. The molecule has 1 aromatic heterocycles. The van der Waals surface area contributed by atoms with Crippen LogP contribution in [0.1, 0.15) is 51.6 Å². The number of esters is 2. The van der Waals surface area contributed by atoms with E-state index >= 15 is 0 Å². The number of fused-ring (bicyclic) bond motifs is 1. The van der Waals surface area contributed by atoms with E-state index in [-0.39, 0.29) is 30.1 Å². The Balaban J connectivity index is 1.00. The first kappa shape index (κ1) is 49.0. The lowest BCUT2D eigenvalue weighted by atomic mass is 9.77. The third kappa shape index (κ3) is 11.0. The Hall–Kier alpha value is -7.97. The quantitative estimate of drug-likeness (QED) is 0.0185. The standard InChI is InChI=1S/C56H46N6O7S3/c57-32-19-33-70-45-37-71-53-48(52(65)62(53)49(45)54(66)69-50(39-22-9-2-10-23-39)40-24-11-3-12-25-40)59-51(64)47(61-68-35-46(63)67-34-38-20-7-1-8-21-38)44-36-72-55(58-44)60-56(41-26-13-4-14-27-41,42-28-15-5-16-29-42)43-30-17-6-18-31-43/h1-18,20-31,36,48,50,53H,19,33-35,37H2,(H,58,60)(H,59,64)/b61-47-/t48-,53-/m1/s1. The van der Waals surface area contributed by atoms with Crippen LogP contribution in [0.2, 0.25) is 0 Å². The molecule has 1 saturated heterocycles. The molecule has 2 N–H and O–H groups in total. The van der Waals surface area contributed by atoms with Crippen LogP contribution >= 0.6 is 34.9 Å². The lowest BCUT2D eigenvalue weighted by molar-refractivity contribution is -0.154. The molecule has 0 saturated carbocycles. The molecule has 2 aliphatic rings. The summed E-state index contributed by atoms with van der Waals surface area (Å²) in [6.07, 6.45) is -0.564. The highest BCUT2D eigenvalue weighted by Gasteiger charge is 2.55. The Morgan fingerprint density at radius 1 is 0.792 bits per heavy atom. The second-order valence-electron chi connectivity index (χ2n) is 16.4. The SMILES string of the molecule is N#CCCSC1=C(C(=O)OC(c2ccccc2)c2ccccc2)N2C(=O)[C@@H](NC(=O)/C(=N\OCC(=O)OCc3ccccc3)c3csc(NC(c4ccccc4)(c4ccccc4)c4ccccc4)n3)[C@H]2SC1. The maximum absolute atomic E-state index is 14.6. The molecule has 360 valence electrons. The molecule has 13 nitrogen and oxygen atoms in total. The van der Waals surface area contributed by atoms with Gasteiger partial charge in [-0.05, 0) is 33.4 Å². The number of hydrogen-bond donors (Lipinski definition) is 2. The van der Waals surface area contributed by atoms with Crippen LogP contribution in [0.3, 0.4) is 0 Å². The molecule has 7 aromatic rings. The highest BCUT2D eigenvalue weighted by Crippen LogP contribution is 2.45. The predicted octanol–water partition coefficient (Wildman–Crippen LogP) is 9.60. The first-order valence-electron chi connectivity index (χ1n) is 22.9. The van der Waals surface area contributed by atoms with Crippen LogP contribution in [0.25, 0.3) is 0 Å². The summed E-state index contributed by atoms with van der Waals surface area (Å²) in [6.45, 7) is -0.615. The fourth-order valence-corrected chi connectivity index (χ4v) is 11.6. The van der Waals surface area contributed by atoms with E-state index in [1.54, 1.807) is 5.38 Å². The monoisotopic (exact) mass is 1010 g/mol. The molecular formula is C56H46N6O7S3. The molecule has 2 aliphatic heterocycles. The van der Waals surface area contributed by atoms with E-state index in [9.17, 15) is 24.4 Å². The van der Waals surface area contributed by atoms with Gasteiger partial charge >= 0.3 is 11.9 Å². The summed E-state index contributed by atoms with van der Waals surface area (Å²) >= 11 is 3.92. The molecule has 1 fully saturated rings. The predicted molar refractivity (Wildman–Crippen MR) is 279 cm³/mol. The number of anilines is 1. The molecule has 2 atom stereocenters. The number of β-lactam (4-membered cyclic amide) rings is 1. The van der Waals surface area contributed by atoms with Gasteiger partial charge in [-0.15, -0.1) is 34.9 Å². The number of ether oxygens (including phenoxy) is 2. The Labute approximate surface area is 428 Å². The molecular weight excluding hydrogens is 965 g/mol. The van der Waals surface area contributed by atoms with Gasteiger partial charge in [0.05, 0.1) is 6.07 Å². The number of nitrogens with zero attached hydrogens (tertiary/aromatic N) is 4. The van der Waals surface area contributed by atoms with Crippen LogP contribution in [-0.2, 0) is 45.6 Å². The van der Waals surface area contributed by atoms with Crippen LogP contribution in [-0.4, -0.2) is 68.9 Å². The number of aromatic nitrogens is 1. The van der Waals surface area contributed by atoms with Crippen LogP contribution in [0.4, 0.5) is 5.13 Å². The molecule has 0 radical (unpaired) electrons. The van der Waals surface area contributed by atoms with Gasteiger partial charge in [0.1, 0.15) is 35.0 Å². The number of carbonyl (C=O) groups excluding carboxylic acids is 4. The Kier molecular flexibility index (Phi) is 15.9. The fourth-order valence-electron chi connectivity index (χ4n) is 8.38. The number of nitrogens with one attached hydrogen (secondary N) is 2. The number of nitriles is 1. The van der Waals surface area contributed by atoms with Crippen molar-refractivity contribution in [3.05, 3.63) is 237 Å². The van der Waals surface area contributed by atoms with Crippen LogP contribution in [0, 0.1) is 11.3 Å². The van der Waals surface area contributed by atoms with Gasteiger partial charge in [-0.3, -0.25) is 14.5 Å².